The summed E-state index contributed by atoms with van der Waals surface area (Å²) >= 11 is 0. The number of pyridine rings is 3. The fourth-order valence-corrected chi connectivity index (χ4v) is 4.33. The Balaban J connectivity index is 1.56. The van der Waals surface area contributed by atoms with Crippen LogP contribution < -0.4 is 19.9 Å². The van der Waals surface area contributed by atoms with Crippen molar-refractivity contribution >= 4 is 16.7 Å². The fourth-order valence-electron chi connectivity index (χ4n) is 4.33. The molecule has 1 fully saturated rings. The number of aryl methyl sites for hydroxylation is 1. The number of piperidine rings is 1. The third kappa shape index (κ3) is 4.77. The van der Waals surface area contributed by atoms with Crippen molar-refractivity contribution in [2.45, 2.75) is 45.8 Å². The van der Waals surface area contributed by atoms with Gasteiger partial charge in [0.2, 0.25) is 5.88 Å². The summed E-state index contributed by atoms with van der Waals surface area (Å²) in [7, 11) is 1.72. The summed E-state index contributed by atoms with van der Waals surface area (Å²) in [4.78, 5) is 23.7. The molecule has 1 aliphatic rings. The van der Waals surface area contributed by atoms with Crippen LogP contribution in [0.3, 0.4) is 0 Å². The van der Waals surface area contributed by atoms with Crippen LogP contribution in [0.1, 0.15) is 39.3 Å². The molecule has 0 bridgehead atoms. The molecule has 0 spiro atoms. The number of rotatable bonds is 6. The molecule has 0 aromatic carbocycles. The summed E-state index contributed by atoms with van der Waals surface area (Å²) in [6.07, 6.45) is 3.53. The van der Waals surface area contributed by atoms with Gasteiger partial charge >= 0.3 is 0 Å². The van der Waals surface area contributed by atoms with Crippen molar-refractivity contribution in [3.05, 3.63) is 52.6 Å². The van der Waals surface area contributed by atoms with Gasteiger partial charge in [0.25, 0.3) is 5.56 Å². The Kier molecular flexibility index (Phi) is 6.50. The van der Waals surface area contributed by atoms with Crippen molar-refractivity contribution in [1.29, 1.82) is 5.26 Å². The molecule has 3 aromatic heterocycles. The smallest absolute Gasteiger partial charge is 0.252 e. The van der Waals surface area contributed by atoms with Crippen molar-refractivity contribution in [3.63, 3.8) is 0 Å². The van der Waals surface area contributed by atoms with E-state index in [1.54, 1.807) is 36.0 Å². The van der Waals surface area contributed by atoms with Crippen LogP contribution in [0, 0.1) is 17.2 Å². The van der Waals surface area contributed by atoms with Gasteiger partial charge in [-0.25, -0.2) is 9.97 Å². The lowest BCUT2D eigenvalue weighted by molar-refractivity contribution is 0.104. The molecule has 1 aliphatic heterocycles. The van der Waals surface area contributed by atoms with Crippen LogP contribution in [0.2, 0.25) is 0 Å². The molecule has 1 saturated heterocycles. The third-order valence-electron chi connectivity index (χ3n) is 6.07. The number of aromatic nitrogens is 3. The molecule has 8 nitrogen and oxygen atoms in total. The second kappa shape index (κ2) is 9.49. The number of nitriles is 1. The molecule has 0 radical (unpaired) electrons. The number of ether oxygens (including phenoxy) is 2. The lowest BCUT2D eigenvalue weighted by atomic mass is 9.91. The highest BCUT2D eigenvalue weighted by atomic mass is 16.5. The zero-order valence-corrected chi connectivity index (χ0v) is 19.5. The summed E-state index contributed by atoms with van der Waals surface area (Å²) in [6, 6.07) is 10.9. The van der Waals surface area contributed by atoms with E-state index < -0.39 is 0 Å². The Labute approximate surface area is 193 Å². The van der Waals surface area contributed by atoms with E-state index in [9.17, 15) is 10.1 Å². The number of nitrogens with zero attached hydrogens (tertiary/aromatic N) is 5. The molecule has 0 amide bonds. The maximum Gasteiger partial charge on any atom is 0.252 e. The van der Waals surface area contributed by atoms with Crippen molar-refractivity contribution in [1.82, 2.24) is 14.5 Å². The van der Waals surface area contributed by atoms with Crippen LogP contribution in [0.15, 0.2) is 41.3 Å². The fraction of sp³-hybridized carbons (Fsp3) is 0.440. The van der Waals surface area contributed by atoms with Gasteiger partial charge in [-0.2, -0.15) is 5.26 Å². The molecule has 0 N–H and O–H groups in total. The minimum Gasteiger partial charge on any atom is -0.489 e. The third-order valence-corrected chi connectivity index (χ3v) is 6.07. The minimum atomic E-state index is -0.0941. The predicted octanol–water partition coefficient (Wildman–Crippen LogP) is 3.67. The van der Waals surface area contributed by atoms with Gasteiger partial charge < -0.3 is 18.9 Å². The highest BCUT2D eigenvalue weighted by molar-refractivity contribution is 5.88. The zero-order valence-electron chi connectivity index (χ0n) is 19.5. The number of anilines is 1. The first-order valence-corrected chi connectivity index (χ1v) is 11.3. The number of fused-ring (bicyclic) bond motifs is 1. The van der Waals surface area contributed by atoms with E-state index in [2.05, 4.69) is 27.9 Å². The summed E-state index contributed by atoms with van der Waals surface area (Å²) in [6.45, 7) is 7.55. The van der Waals surface area contributed by atoms with E-state index in [1.165, 1.54) is 0 Å². The van der Waals surface area contributed by atoms with Gasteiger partial charge in [-0.3, -0.25) is 4.79 Å². The van der Waals surface area contributed by atoms with E-state index in [1.807, 2.05) is 26.0 Å². The molecule has 0 aliphatic carbocycles. The summed E-state index contributed by atoms with van der Waals surface area (Å²) in [5.74, 6) is 1.56. The monoisotopic (exact) mass is 447 g/mol. The molecule has 4 heterocycles. The Hall–Kier alpha value is -3.60. The van der Waals surface area contributed by atoms with Crippen LogP contribution in [-0.4, -0.2) is 39.8 Å². The van der Waals surface area contributed by atoms with Crippen molar-refractivity contribution < 1.29 is 9.47 Å². The van der Waals surface area contributed by atoms with Gasteiger partial charge in [0.1, 0.15) is 29.1 Å². The molecular formula is C25H29N5O3. The van der Waals surface area contributed by atoms with E-state index in [4.69, 9.17) is 9.47 Å². The first-order valence-electron chi connectivity index (χ1n) is 11.3. The summed E-state index contributed by atoms with van der Waals surface area (Å²) in [5.41, 5.74) is 2.41. The number of hydrogen-bond donors (Lipinski definition) is 0. The molecule has 2 atom stereocenters. The Bertz CT molecular complexity index is 1230. The van der Waals surface area contributed by atoms with Crippen LogP contribution in [0.4, 0.5) is 5.69 Å². The Morgan fingerprint density at radius 1 is 1.27 bits per heavy atom. The Morgan fingerprint density at radius 3 is 2.76 bits per heavy atom. The number of hydrogen-bond acceptors (Lipinski definition) is 7. The molecule has 0 saturated carbocycles. The van der Waals surface area contributed by atoms with Crippen molar-refractivity contribution in [2.75, 3.05) is 18.0 Å². The topological polar surface area (TPSA) is 93.3 Å². The van der Waals surface area contributed by atoms with Gasteiger partial charge in [-0.05, 0) is 38.5 Å². The molecule has 2 unspecified atom stereocenters. The van der Waals surface area contributed by atoms with E-state index in [0.29, 0.717) is 17.1 Å². The van der Waals surface area contributed by atoms with Gasteiger partial charge in [-0.1, -0.05) is 6.92 Å². The average Bonchev–Trinajstić information content (AvgIpc) is 2.82. The van der Waals surface area contributed by atoms with Crippen molar-refractivity contribution in [3.8, 4) is 17.7 Å². The molecule has 3 aromatic rings. The Morgan fingerprint density at radius 2 is 2.09 bits per heavy atom. The second-order valence-electron chi connectivity index (χ2n) is 8.66. The first-order chi connectivity index (χ1) is 15.9. The summed E-state index contributed by atoms with van der Waals surface area (Å²) < 4.78 is 13.5. The van der Waals surface area contributed by atoms with Crippen molar-refractivity contribution in [2.24, 2.45) is 13.0 Å². The highest BCUT2D eigenvalue weighted by Gasteiger charge is 2.31. The van der Waals surface area contributed by atoms with Gasteiger partial charge in [-0.15, -0.1) is 0 Å². The molecule has 33 heavy (non-hydrogen) atoms. The second-order valence-corrected chi connectivity index (χ2v) is 8.66. The first kappa shape index (κ1) is 22.6. The molecular weight excluding hydrogens is 418 g/mol. The average molecular weight is 448 g/mol. The molecule has 172 valence electrons. The minimum absolute atomic E-state index is 0.0241. The van der Waals surface area contributed by atoms with E-state index >= 15 is 0 Å². The highest BCUT2D eigenvalue weighted by Crippen LogP contribution is 2.31. The maximum atomic E-state index is 12.6. The maximum absolute atomic E-state index is 12.6. The molecule has 4 rings (SSSR count). The van der Waals surface area contributed by atoms with Gasteiger partial charge in [0.15, 0.2) is 0 Å². The lowest BCUT2D eigenvalue weighted by Gasteiger charge is -2.39. The SMILES string of the molecule is CCC1CN(c2cc(=O)n(C)c3ccc(C#N)nc23)CCC1Oc1ccc(OC(C)C)cn1. The van der Waals surface area contributed by atoms with Crippen LogP contribution >= 0.6 is 0 Å². The van der Waals surface area contributed by atoms with E-state index in [-0.39, 0.29) is 23.7 Å². The van der Waals surface area contributed by atoms with Crippen LogP contribution in [-0.2, 0) is 7.05 Å². The summed E-state index contributed by atoms with van der Waals surface area (Å²) in [5, 5.41) is 9.31. The van der Waals surface area contributed by atoms with Gasteiger partial charge in [0, 0.05) is 44.6 Å². The quantitative estimate of drug-likeness (QED) is 0.569. The molecule has 8 heteroatoms. The van der Waals surface area contributed by atoms with Crippen LogP contribution in [0.25, 0.3) is 11.0 Å². The van der Waals surface area contributed by atoms with E-state index in [0.717, 1.165) is 42.9 Å². The normalized spacial score (nSPS) is 18.4. The standard InChI is InChI=1S/C25H29N5O3/c1-5-17-15-30(11-10-22(17)33-23-9-7-19(14-27-23)32-16(2)3)21-12-24(31)29(4)20-8-6-18(13-26)28-25(20)21/h6-9,12,14,16-17,22H,5,10-11,15H2,1-4H3. The van der Waals surface area contributed by atoms with Gasteiger partial charge in [0.05, 0.1) is 23.5 Å². The predicted molar refractivity (Wildman–Crippen MR) is 127 cm³/mol. The zero-order chi connectivity index (χ0) is 23.5. The lowest BCUT2D eigenvalue weighted by Crippen LogP contribution is -2.46. The largest absolute Gasteiger partial charge is 0.489 e. The van der Waals surface area contributed by atoms with Crippen LogP contribution in [0.5, 0.6) is 11.6 Å².